The highest BCUT2D eigenvalue weighted by atomic mass is 35.5. The Hall–Kier alpha value is -1.66. The highest BCUT2D eigenvalue weighted by Gasteiger charge is 2.21. The maximum atomic E-state index is 5.86. The molecule has 0 radical (unpaired) electrons. The van der Waals surface area contributed by atoms with Gasteiger partial charge in [-0.15, -0.1) is 0 Å². The Morgan fingerprint density at radius 2 is 1.14 bits per heavy atom. The molecule has 1 saturated carbocycles. The van der Waals surface area contributed by atoms with Crippen molar-refractivity contribution < 1.29 is 0 Å². The second-order valence-corrected chi connectivity index (χ2v) is 6.06. The van der Waals surface area contributed by atoms with Crippen LogP contribution in [0.4, 0.5) is 11.6 Å². The van der Waals surface area contributed by atoms with Crippen LogP contribution in [-0.2, 0) is 0 Å². The molecule has 1 aliphatic carbocycles. The lowest BCUT2D eigenvalue weighted by Gasteiger charge is -2.30. The minimum absolute atomic E-state index is 0.401. The van der Waals surface area contributed by atoms with Gasteiger partial charge in [0.05, 0.1) is 0 Å². The first-order valence-electron chi connectivity index (χ1n) is 7.17. The molecule has 6 nitrogen and oxygen atoms in total. The van der Waals surface area contributed by atoms with Crippen LogP contribution in [0.5, 0.6) is 0 Å². The number of hydrogen-bond donors (Lipinski definition) is 2. The number of nitrogens with one attached hydrogen (secondary N) is 2. The lowest BCUT2D eigenvalue weighted by Crippen LogP contribution is -2.32. The molecule has 1 fully saturated rings. The molecular weight excluding hydrogens is 323 g/mol. The van der Waals surface area contributed by atoms with Crippen LogP contribution in [0.25, 0.3) is 0 Å². The Balaban J connectivity index is 1.50. The van der Waals surface area contributed by atoms with Crippen LogP contribution in [0.15, 0.2) is 24.8 Å². The van der Waals surface area contributed by atoms with Crippen molar-refractivity contribution in [2.75, 3.05) is 10.6 Å². The first kappa shape index (κ1) is 15.2. The van der Waals surface area contributed by atoms with Gasteiger partial charge in [0.25, 0.3) is 0 Å². The maximum Gasteiger partial charge on any atom is 0.134 e. The molecule has 0 aliphatic heterocycles. The van der Waals surface area contributed by atoms with Crippen LogP contribution < -0.4 is 10.6 Å². The summed E-state index contributed by atoms with van der Waals surface area (Å²) in [6.07, 6.45) is 7.15. The molecule has 0 atom stereocenters. The number of hydrogen-bond acceptors (Lipinski definition) is 6. The van der Waals surface area contributed by atoms with E-state index in [4.69, 9.17) is 23.2 Å². The highest BCUT2D eigenvalue weighted by molar-refractivity contribution is 6.29. The van der Waals surface area contributed by atoms with Crippen molar-refractivity contribution in [3.63, 3.8) is 0 Å². The third kappa shape index (κ3) is 4.18. The summed E-state index contributed by atoms with van der Waals surface area (Å²) in [7, 11) is 0. The first-order valence-corrected chi connectivity index (χ1v) is 7.93. The Bertz CT molecular complexity index is 575. The molecule has 8 heteroatoms. The van der Waals surface area contributed by atoms with E-state index in [0.29, 0.717) is 22.4 Å². The van der Waals surface area contributed by atoms with Gasteiger partial charge in [0.2, 0.25) is 0 Å². The van der Waals surface area contributed by atoms with E-state index < -0.39 is 0 Å². The summed E-state index contributed by atoms with van der Waals surface area (Å²) < 4.78 is 0. The fourth-order valence-corrected chi connectivity index (χ4v) is 2.92. The second kappa shape index (κ2) is 7.07. The zero-order valence-electron chi connectivity index (χ0n) is 11.8. The van der Waals surface area contributed by atoms with Crippen molar-refractivity contribution >= 4 is 34.8 Å². The Labute approximate surface area is 138 Å². The van der Waals surface area contributed by atoms with Crippen LogP contribution >= 0.6 is 23.2 Å². The average Bonchev–Trinajstić information content (AvgIpc) is 2.49. The third-order valence-electron chi connectivity index (χ3n) is 3.70. The lowest BCUT2D eigenvalue weighted by atomic mass is 9.91. The van der Waals surface area contributed by atoms with Crippen molar-refractivity contribution in [2.24, 2.45) is 0 Å². The van der Waals surface area contributed by atoms with E-state index >= 15 is 0 Å². The summed E-state index contributed by atoms with van der Waals surface area (Å²) in [5.41, 5.74) is 0. The lowest BCUT2D eigenvalue weighted by molar-refractivity contribution is 0.427. The Morgan fingerprint density at radius 1 is 0.727 bits per heavy atom. The summed E-state index contributed by atoms with van der Waals surface area (Å²) in [4.78, 5) is 16.1. The smallest absolute Gasteiger partial charge is 0.134 e. The van der Waals surface area contributed by atoms with E-state index in [1.165, 1.54) is 12.7 Å². The van der Waals surface area contributed by atoms with Crippen LogP contribution in [0.3, 0.4) is 0 Å². The predicted molar refractivity (Wildman–Crippen MR) is 87.4 cm³/mol. The molecule has 0 saturated heterocycles. The van der Waals surface area contributed by atoms with E-state index in [0.717, 1.165) is 37.3 Å². The first-order chi connectivity index (χ1) is 10.7. The second-order valence-electron chi connectivity index (χ2n) is 5.29. The van der Waals surface area contributed by atoms with Gasteiger partial charge < -0.3 is 10.6 Å². The van der Waals surface area contributed by atoms with Gasteiger partial charge in [-0.1, -0.05) is 23.2 Å². The summed E-state index contributed by atoms with van der Waals surface area (Å²) in [5, 5.41) is 7.71. The van der Waals surface area contributed by atoms with Gasteiger partial charge in [0.1, 0.15) is 34.6 Å². The third-order valence-corrected chi connectivity index (χ3v) is 4.11. The van der Waals surface area contributed by atoms with Gasteiger partial charge in [0, 0.05) is 24.2 Å². The molecule has 2 N–H and O–H groups in total. The molecule has 22 heavy (non-hydrogen) atoms. The highest BCUT2D eigenvalue weighted by Crippen LogP contribution is 2.24. The Morgan fingerprint density at radius 3 is 1.50 bits per heavy atom. The number of anilines is 2. The van der Waals surface area contributed by atoms with Crippen molar-refractivity contribution in [3.8, 4) is 0 Å². The predicted octanol–water partition coefficient (Wildman–Crippen LogP) is 3.41. The fourth-order valence-electron chi connectivity index (χ4n) is 2.63. The molecule has 0 aromatic carbocycles. The summed E-state index contributed by atoms with van der Waals surface area (Å²) in [6.45, 7) is 0. The largest absolute Gasteiger partial charge is 0.367 e. The minimum atomic E-state index is 0.401. The van der Waals surface area contributed by atoms with Crippen molar-refractivity contribution in [1.29, 1.82) is 0 Å². The minimum Gasteiger partial charge on any atom is -0.367 e. The summed E-state index contributed by atoms with van der Waals surface area (Å²) in [5.74, 6) is 1.55. The Kier molecular flexibility index (Phi) is 4.90. The molecule has 1 aliphatic rings. The van der Waals surface area contributed by atoms with Crippen LogP contribution in [0.1, 0.15) is 25.7 Å². The summed E-state index contributed by atoms with van der Waals surface area (Å²) in [6, 6.07) is 4.29. The molecule has 0 amide bonds. The van der Waals surface area contributed by atoms with Crippen molar-refractivity contribution in [2.45, 2.75) is 37.8 Å². The van der Waals surface area contributed by atoms with Crippen LogP contribution in [0, 0.1) is 0 Å². The van der Waals surface area contributed by atoms with Gasteiger partial charge >= 0.3 is 0 Å². The molecule has 0 spiro atoms. The molecule has 2 aromatic heterocycles. The topological polar surface area (TPSA) is 75.6 Å². The van der Waals surface area contributed by atoms with Gasteiger partial charge in [0.15, 0.2) is 0 Å². The fraction of sp³-hybridized carbons (Fsp3) is 0.429. The quantitative estimate of drug-likeness (QED) is 0.832. The van der Waals surface area contributed by atoms with Crippen molar-refractivity contribution in [1.82, 2.24) is 19.9 Å². The number of rotatable bonds is 4. The summed E-state index contributed by atoms with van der Waals surface area (Å²) >= 11 is 11.7. The van der Waals surface area contributed by atoms with E-state index in [-0.39, 0.29) is 0 Å². The van der Waals surface area contributed by atoms with Gasteiger partial charge in [-0.05, 0) is 25.7 Å². The standard InChI is InChI=1S/C14H16Cl2N6/c15-11-5-13(19-7-17-11)21-9-1-2-10(4-3-9)22-14-6-12(16)18-8-20-14/h5-10H,1-4H2,(H,17,19,21)(H,18,20,22). The SMILES string of the molecule is Clc1cc(NC2CCC(Nc3cc(Cl)ncn3)CC2)ncn1. The van der Waals surface area contributed by atoms with Crippen LogP contribution in [-0.4, -0.2) is 32.0 Å². The average molecular weight is 339 g/mol. The number of halogens is 2. The zero-order chi connectivity index (χ0) is 15.4. The number of nitrogens with zero attached hydrogens (tertiary/aromatic N) is 4. The molecule has 0 bridgehead atoms. The number of aromatic nitrogens is 4. The van der Waals surface area contributed by atoms with E-state index in [1.807, 2.05) is 0 Å². The van der Waals surface area contributed by atoms with E-state index in [1.54, 1.807) is 12.1 Å². The molecular formula is C14H16Cl2N6. The van der Waals surface area contributed by atoms with Gasteiger partial charge in [-0.3, -0.25) is 0 Å². The van der Waals surface area contributed by atoms with E-state index in [2.05, 4.69) is 30.6 Å². The normalized spacial score (nSPS) is 21.4. The molecule has 2 aromatic rings. The van der Waals surface area contributed by atoms with Gasteiger partial charge in [-0.25, -0.2) is 19.9 Å². The van der Waals surface area contributed by atoms with Crippen molar-refractivity contribution in [3.05, 3.63) is 35.1 Å². The molecule has 116 valence electrons. The van der Waals surface area contributed by atoms with Crippen LogP contribution in [0.2, 0.25) is 10.3 Å². The molecule has 0 unspecified atom stereocenters. The van der Waals surface area contributed by atoms with E-state index in [9.17, 15) is 0 Å². The zero-order valence-corrected chi connectivity index (χ0v) is 13.3. The molecule has 2 heterocycles. The maximum absolute atomic E-state index is 5.86. The molecule has 3 rings (SSSR count). The van der Waals surface area contributed by atoms with Gasteiger partial charge in [-0.2, -0.15) is 0 Å². The monoisotopic (exact) mass is 338 g/mol.